The number of aryl methyl sites for hydroxylation is 2. The van der Waals surface area contributed by atoms with Crippen molar-refractivity contribution in [2.45, 2.75) is 20.3 Å². The van der Waals surface area contributed by atoms with Crippen molar-refractivity contribution in [1.29, 1.82) is 0 Å². The monoisotopic (exact) mass is 310 g/mol. The number of carbonyl (C=O) groups is 1. The van der Waals surface area contributed by atoms with Gasteiger partial charge >= 0.3 is 0 Å². The Morgan fingerprint density at radius 2 is 2.06 bits per heavy atom. The topological polar surface area (TPSA) is 30.2 Å². The molecular weight excluding hydrogens is 299 g/mol. The molecule has 0 spiro atoms. The third-order valence-corrected chi connectivity index (χ3v) is 3.19. The van der Waals surface area contributed by atoms with E-state index >= 15 is 0 Å². The SMILES string of the molecule is Cc1cc(C(=O)Cc2cc(Br)ccc2F)c(C)o1. The van der Waals surface area contributed by atoms with Gasteiger partial charge < -0.3 is 4.42 Å². The molecule has 0 N–H and O–H groups in total. The smallest absolute Gasteiger partial charge is 0.170 e. The number of ketones is 1. The van der Waals surface area contributed by atoms with Crippen molar-refractivity contribution in [3.05, 3.63) is 57.2 Å². The van der Waals surface area contributed by atoms with Crippen LogP contribution < -0.4 is 0 Å². The van der Waals surface area contributed by atoms with Gasteiger partial charge in [0.1, 0.15) is 17.3 Å². The zero-order chi connectivity index (χ0) is 13.3. The number of rotatable bonds is 3. The number of hydrogen-bond acceptors (Lipinski definition) is 2. The summed E-state index contributed by atoms with van der Waals surface area (Å²) in [7, 11) is 0. The number of halogens is 2. The molecule has 2 nitrogen and oxygen atoms in total. The summed E-state index contributed by atoms with van der Waals surface area (Å²) in [6.45, 7) is 3.51. The Morgan fingerprint density at radius 3 is 2.67 bits per heavy atom. The van der Waals surface area contributed by atoms with Gasteiger partial charge in [0.05, 0.1) is 5.56 Å². The summed E-state index contributed by atoms with van der Waals surface area (Å²) in [6, 6.07) is 6.26. The van der Waals surface area contributed by atoms with Gasteiger partial charge in [0, 0.05) is 10.9 Å². The molecule has 94 valence electrons. The van der Waals surface area contributed by atoms with Gasteiger partial charge in [-0.2, -0.15) is 0 Å². The van der Waals surface area contributed by atoms with Crippen molar-refractivity contribution in [3.8, 4) is 0 Å². The fraction of sp³-hybridized carbons (Fsp3) is 0.214. The largest absolute Gasteiger partial charge is 0.466 e. The number of hydrogen-bond donors (Lipinski definition) is 0. The molecular formula is C14H12BrFO2. The molecule has 0 atom stereocenters. The molecule has 0 bridgehead atoms. The normalized spacial score (nSPS) is 10.7. The van der Waals surface area contributed by atoms with Crippen LogP contribution in [-0.4, -0.2) is 5.78 Å². The Kier molecular flexibility index (Phi) is 3.66. The molecule has 2 rings (SSSR count). The highest BCUT2D eigenvalue weighted by Crippen LogP contribution is 2.20. The maximum Gasteiger partial charge on any atom is 0.170 e. The minimum Gasteiger partial charge on any atom is -0.466 e. The molecule has 0 fully saturated rings. The highest BCUT2D eigenvalue weighted by atomic mass is 79.9. The van der Waals surface area contributed by atoms with Crippen LogP contribution in [0.15, 0.2) is 33.2 Å². The summed E-state index contributed by atoms with van der Waals surface area (Å²) in [4.78, 5) is 12.1. The van der Waals surface area contributed by atoms with Crippen LogP contribution in [0.3, 0.4) is 0 Å². The predicted octanol–water partition coefficient (Wildman–Crippen LogP) is 4.22. The highest BCUT2D eigenvalue weighted by Gasteiger charge is 2.16. The molecule has 0 aliphatic heterocycles. The fourth-order valence-electron chi connectivity index (χ4n) is 1.85. The van der Waals surface area contributed by atoms with Gasteiger partial charge in [0.25, 0.3) is 0 Å². The van der Waals surface area contributed by atoms with E-state index in [9.17, 15) is 9.18 Å². The molecule has 18 heavy (non-hydrogen) atoms. The van der Waals surface area contributed by atoms with E-state index in [0.29, 0.717) is 22.6 Å². The predicted molar refractivity (Wildman–Crippen MR) is 70.3 cm³/mol. The Morgan fingerprint density at radius 1 is 1.33 bits per heavy atom. The minimum atomic E-state index is -0.371. The molecule has 2 aromatic rings. The Labute approximate surface area is 113 Å². The van der Waals surface area contributed by atoms with E-state index in [-0.39, 0.29) is 18.0 Å². The molecule has 1 heterocycles. The van der Waals surface area contributed by atoms with Crippen LogP contribution in [0.2, 0.25) is 0 Å². The van der Waals surface area contributed by atoms with Gasteiger partial charge in [-0.3, -0.25) is 4.79 Å². The second-order valence-electron chi connectivity index (χ2n) is 4.16. The van der Waals surface area contributed by atoms with Crippen molar-refractivity contribution in [2.24, 2.45) is 0 Å². The molecule has 0 radical (unpaired) electrons. The van der Waals surface area contributed by atoms with Gasteiger partial charge in [-0.25, -0.2) is 4.39 Å². The molecule has 4 heteroatoms. The quantitative estimate of drug-likeness (QED) is 0.794. The van der Waals surface area contributed by atoms with Gasteiger partial charge in [-0.1, -0.05) is 15.9 Å². The molecule has 0 unspecified atom stereocenters. The zero-order valence-corrected chi connectivity index (χ0v) is 11.7. The van der Waals surface area contributed by atoms with E-state index in [1.165, 1.54) is 6.07 Å². The number of benzene rings is 1. The van der Waals surface area contributed by atoms with Crippen LogP contribution in [0.25, 0.3) is 0 Å². The van der Waals surface area contributed by atoms with Crippen LogP contribution in [0.1, 0.15) is 27.4 Å². The average molecular weight is 311 g/mol. The molecule has 0 saturated heterocycles. The fourth-order valence-corrected chi connectivity index (χ4v) is 2.26. The van der Waals surface area contributed by atoms with E-state index in [4.69, 9.17) is 4.42 Å². The van der Waals surface area contributed by atoms with E-state index in [1.807, 2.05) is 0 Å². The summed E-state index contributed by atoms with van der Waals surface area (Å²) in [5, 5.41) is 0. The summed E-state index contributed by atoms with van der Waals surface area (Å²) in [5.41, 5.74) is 0.902. The third kappa shape index (κ3) is 2.70. The van der Waals surface area contributed by atoms with E-state index in [2.05, 4.69) is 15.9 Å². The molecule has 0 amide bonds. The first-order valence-corrected chi connectivity index (χ1v) is 6.31. The Bertz CT molecular complexity index is 602. The first-order chi connectivity index (χ1) is 8.47. The summed E-state index contributed by atoms with van der Waals surface area (Å²) in [6.07, 6.45) is 0.0328. The lowest BCUT2D eigenvalue weighted by atomic mass is 10.0. The summed E-state index contributed by atoms with van der Waals surface area (Å²) < 4.78 is 19.6. The van der Waals surface area contributed by atoms with Crippen molar-refractivity contribution >= 4 is 21.7 Å². The van der Waals surface area contributed by atoms with Crippen molar-refractivity contribution in [2.75, 3.05) is 0 Å². The summed E-state index contributed by atoms with van der Waals surface area (Å²) in [5.74, 6) is 0.754. The molecule has 1 aromatic heterocycles. The van der Waals surface area contributed by atoms with Crippen molar-refractivity contribution in [3.63, 3.8) is 0 Å². The van der Waals surface area contributed by atoms with E-state index in [1.54, 1.807) is 32.0 Å². The molecule has 0 saturated carbocycles. The first-order valence-electron chi connectivity index (χ1n) is 5.51. The van der Waals surface area contributed by atoms with Gasteiger partial charge in [0.15, 0.2) is 5.78 Å². The Balaban J connectivity index is 2.26. The van der Waals surface area contributed by atoms with E-state index < -0.39 is 0 Å². The second kappa shape index (κ2) is 5.06. The van der Waals surface area contributed by atoms with Crippen molar-refractivity contribution < 1.29 is 13.6 Å². The first kappa shape index (κ1) is 13.0. The molecule has 1 aromatic carbocycles. The van der Waals surface area contributed by atoms with Crippen LogP contribution in [0.5, 0.6) is 0 Å². The van der Waals surface area contributed by atoms with Crippen LogP contribution in [-0.2, 0) is 6.42 Å². The average Bonchev–Trinajstić information content (AvgIpc) is 2.63. The lowest BCUT2D eigenvalue weighted by molar-refractivity contribution is 0.0990. The lowest BCUT2D eigenvalue weighted by Gasteiger charge is -2.03. The zero-order valence-electron chi connectivity index (χ0n) is 10.1. The maximum atomic E-state index is 13.6. The van der Waals surface area contributed by atoms with Gasteiger partial charge in [-0.05, 0) is 43.7 Å². The third-order valence-electron chi connectivity index (χ3n) is 2.70. The minimum absolute atomic E-state index is 0.0328. The second-order valence-corrected chi connectivity index (χ2v) is 5.08. The summed E-state index contributed by atoms with van der Waals surface area (Å²) >= 11 is 3.26. The van der Waals surface area contributed by atoms with Crippen LogP contribution in [0.4, 0.5) is 4.39 Å². The van der Waals surface area contributed by atoms with Crippen LogP contribution in [0, 0.1) is 19.7 Å². The van der Waals surface area contributed by atoms with Crippen molar-refractivity contribution in [1.82, 2.24) is 0 Å². The Hall–Kier alpha value is -1.42. The number of furan rings is 1. The highest BCUT2D eigenvalue weighted by molar-refractivity contribution is 9.10. The molecule has 0 aliphatic carbocycles. The van der Waals surface area contributed by atoms with Gasteiger partial charge in [0.2, 0.25) is 0 Å². The van der Waals surface area contributed by atoms with Gasteiger partial charge in [-0.15, -0.1) is 0 Å². The lowest BCUT2D eigenvalue weighted by Crippen LogP contribution is -2.05. The van der Waals surface area contributed by atoms with E-state index in [0.717, 1.165) is 4.47 Å². The standard InChI is InChI=1S/C14H12BrFO2/c1-8-5-12(9(2)18-8)14(17)7-10-6-11(15)3-4-13(10)16/h3-6H,7H2,1-2H3. The number of Topliss-reactive ketones (excluding diaryl/α,β-unsaturated/α-hetero) is 1. The molecule has 0 aliphatic rings. The maximum absolute atomic E-state index is 13.6. The van der Waals surface area contributed by atoms with Crippen LogP contribution >= 0.6 is 15.9 Å². The number of carbonyl (C=O) groups excluding carboxylic acids is 1.